The second kappa shape index (κ2) is 19.6. The summed E-state index contributed by atoms with van der Waals surface area (Å²) < 4.78 is 34.1. The van der Waals surface area contributed by atoms with E-state index in [4.69, 9.17) is 32.8 Å². The van der Waals surface area contributed by atoms with E-state index in [1.165, 1.54) is 0 Å². The first kappa shape index (κ1) is 36.3. The van der Waals surface area contributed by atoms with Crippen molar-refractivity contribution in [1.29, 1.82) is 0 Å². The molecule has 0 radical (unpaired) electrons. The third-order valence-corrected chi connectivity index (χ3v) is 0. The van der Waals surface area contributed by atoms with Crippen LogP contribution in [0.15, 0.2) is 0 Å². The first-order chi connectivity index (χ1) is 3.73. The molecule has 0 aliphatic heterocycles. The molecule has 0 fully saturated rings. The van der Waals surface area contributed by atoms with Gasteiger partial charge in [-0.05, 0) is 0 Å². The fourth-order valence-corrected chi connectivity index (χ4v) is 0. The summed E-state index contributed by atoms with van der Waals surface area (Å²) in [6.45, 7) is 0. The van der Waals surface area contributed by atoms with Crippen molar-refractivity contribution in [3.05, 3.63) is 15.3 Å². The van der Waals surface area contributed by atoms with Crippen LogP contribution in [0, 0.1) is 15.3 Å². The van der Waals surface area contributed by atoms with Gasteiger partial charge < -0.3 is 29.9 Å². The van der Waals surface area contributed by atoms with Gasteiger partial charge in [-0.3, -0.25) is 8.42 Å². The minimum atomic E-state index is -5.17. The van der Waals surface area contributed by atoms with Crippen LogP contribution in [0.1, 0.15) is 0 Å². The second-order valence-electron chi connectivity index (χ2n) is 0.632. The molecule has 0 aliphatic rings. The van der Waals surface area contributed by atoms with E-state index >= 15 is 0 Å². The molecule has 0 aromatic rings. The molecule has 0 aromatic heterocycles. The van der Waals surface area contributed by atoms with Gasteiger partial charge in [0.25, 0.3) is 0 Å². The molecule has 9 nitrogen and oxygen atoms in total. The van der Waals surface area contributed by atoms with Crippen molar-refractivity contribution >= 4 is 10.4 Å². The molecule has 0 saturated carbocycles. The molecule has 0 rings (SSSR count). The first-order valence-corrected chi connectivity index (χ1v) is 2.55. The van der Waals surface area contributed by atoms with Crippen LogP contribution >= 0.6 is 0 Å². The Kier molecular flexibility index (Phi) is 54.6. The van der Waals surface area contributed by atoms with Crippen LogP contribution in [0.25, 0.3) is 0 Å². The van der Waals surface area contributed by atoms with Gasteiger partial charge in [0.15, 0.2) is 0 Å². The van der Waals surface area contributed by atoms with Gasteiger partial charge in [0.2, 0.25) is 0 Å². The molecular formula is H2NNa3O8S. The van der Waals surface area contributed by atoms with E-state index in [0.717, 1.165) is 0 Å². The van der Waals surface area contributed by atoms with Crippen LogP contribution < -0.4 is 88.7 Å². The minimum Gasteiger partial charge on any atom is -0.759 e. The molecule has 0 spiro atoms. The van der Waals surface area contributed by atoms with Crippen LogP contribution in [-0.2, 0) is 10.4 Å². The second-order valence-corrected chi connectivity index (χ2v) is 1.45. The molecule has 0 bridgehead atoms. The summed E-state index contributed by atoms with van der Waals surface area (Å²) >= 11 is 0. The van der Waals surface area contributed by atoms with E-state index in [1.54, 1.807) is 0 Å². The summed E-state index contributed by atoms with van der Waals surface area (Å²) in [6.07, 6.45) is 0. The van der Waals surface area contributed by atoms with Crippen LogP contribution in [0.5, 0.6) is 0 Å². The van der Waals surface area contributed by atoms with Gasteiger partial charge in [-0.1, -0.05) is 0 Å². The zero-order chi connectivity index (χ0) is 8.08. The van der Waals surface area contributed by atoms with Gasteiger partial charge in [-0.15, -0.1) is 0 Å². The molecule has 0 unspecified atom stereocenters. The molecular weight excluding hydrogens is 243 g/mol. The maximum atomic E-state index is 8.52. The third kappa shape index (κ3) is 493. The molecule has 0 atom stereocenters. The van der Waals surface area contributed by atoms with Crippen molar-refractivity contribution in [2.24, 2.45) is 0 Å². The molecule has 64 valence electrons. The maximum absolute atomic E-state index is 8.52. The predicted octanol–water partition coefficient (Wildman–Crippen LogP) is -11.4. The zero-order valence-corrected chi connectivity index (χ0v) is 14.0. The fourth-order valence-electron chi connectivity index (χ4n) is 0. The van der Waals surface area contributed by atoms with Gasteiger partial charge in [0, 0.05) is 10.4 Å². The van der Waals surface area contributed by atoms with Crippen LogP contribution in [0.2, 0.25) is 0 Å². The van der Waals surface area contributed by atoms with Gasteiger partial charge >= 0.3 is 88.7 Å². The summed E-state index contributed by atoms with van der Waals surface area (Å²) in [7, 11) is -5.17. The molecule has 0 aromatic carbocycles. The largest absolute Gasteiger partial charge is 1.00 e. The van der Waals surface area contributed by atoms with Crippen LogP contribution in [0.3, 0.4) is 0 Å². The van der Waals surface area contributed by atoms with E-state index in [1.807, 2.05) is 0 Å². The monoisotopic (exact) mass is 245 g/mol. The minimum absolute atomic E-state index is 0. The third-order valence-electron chi connectivity index (χ3n) is 0. The topological polar surface area (TPSA) is 178 Å². The molecule has 0 aliphatic carbocycles. The Balaban J connectivity index is -0.0000000146. The quantitative estimate of drug-likeness (QED) is 0.133. The van der Waals surface area contributed by atoms with Gasteiger partial charge in [0.1, 0.15) is 0 Å². The Morgan fingerprint density at radius 1 is 0.923 bits per heavy atom. The standard InChI is InChI=1S/NO3.3Na.H2O4S.H2O/c2-1(3)4;;;;1-5(2,3)4;/h;;;;(H2,1,2,3,4);1H2/q-1;3*+1;;/p-2. The van der Waals surface area contributed by atoms with Crippen LogP contribution in [-0.4, -0.2) is 28.1 Å². The van der Waals surface area contributed by atoms with E-state index in [2.05, 4.69) is 0 Å². The smallest absolute Gasteiger partial charge is 0.759 e. The van der Waals surface area contributed by atoms with E-state index in [0.29, 0.717) is 0 Å². The number of nitrogens with zero attached hydrogens (tertiary/aromatic N) is 1. The number of hydrogen-bond acceptors (Lipinski definition) is 7. The molecule has 0 amide bonds. The van der Waals surface area contributed by atoms with Crippen molar-refractivity contribution in [3.8, 4) is 0 Å². The molecule has 0 saturated heterocycles. The Morgan fingerprint density at radius 3 is 0.923 bits per heavy atom. The maximum Gasteiger partial charge on any atom is 1.00 e. The Hall–Kier alpha value is 2.03. The van der Waals surface area contributed by atoms with E-state index in [-0.39, 0.29) is 94.1 Å². The summed E-state index contributed by atoms with van der Waals surface area (Å²) in [6, 6.07) is 0. The fraction of sp³-hybridized carbons (Fsp3) is 0. The van der Waals surface area contributed by atoms with E-state index in [9.17, 15) is 0 Å². The van der Waals surface area contributed by atoms with Gasteiger partial charge in [-0.25, -0.2) is 0 Å². The summed E-state index contributed by atoms with van der Waals surface area (Å²) in [5.41, 5.74) is 0. The Bertz CT molecular complexity index is 162. The average Bonchev–Trinajstić information content (AvgIpc) is 1.19. The van der Waals surface area contributed by atoms with Crippen molar-refractivity contribution in [2.45, 2.75) is 0 Å². The molecule has 13 heavy (non-hydrogen) atoms. The first-order valence-electron chi connectivity index (χ1n) is 1.21. The van der Waals surface area contributed by atoms with Crippen LogP contribution in [0.4, 0.5) is 0 Å². The average molecular weight is 245 g/mol. The predicted molar refractivity (Wildman–Crippen MR) is 24.4 cm³/mol. The molecule has 0 heterocycles. The normalized spacial score (nSPS) is 6.31. The number of rotatable bonds is 0. The van der Waals surface area contributed by atoms with Crippen molar-refractivity contribution in [1.82, 2.24) is 0 Å². The molecule has 2 N–H and O–H groups in total. The SMILES string of the molecule is O.O=S(=O)([O-])[O-].O=[N+]([O-])[O-].[Na+].[Na+].[Na+]. The van der Waals surface area contributed by atoms with Crippen molar-refractivity contribution in [2.75, 3.05) is 0 Å². The van der Waals surface area contributed by atoms with E-state index < -0.39 is 15.5 Å². The Labute approximate surface area is 140 Å². The number of hydrogen-bond donors (Lipinski definition) is 0. The van der Waals surface area contributed by atoms with Crippen molar-refractivity contribution < 1.29 is 117 Å². The summed E-state index contributed by atoms with van der Waals surface area (Å²) in [5, 5.41) is 14.8. The zero-order valence-electron chi connectivity index (χ0n) is 7.21. The van der Waals surface area contributed by atoms with Crippen molar-refractivity contribution in [3.63, 3.8) is 0 Å². The summed E-state index contributed by atoms with van der Waals surface area (Å²) in [4.78, 5) is 8.25. The van der Waals surface area contributed by atoms with Gasteiger partial charge in [0.05, 0.1) is 5.09 Å². The van der Waals surface area contributed by atoms with Gasteiger partial charge in [-0.2, -0.15) is 0 Å². The summed E-state index contributed by atoms with van der Waals surface area (Å²) in [5.74, 6) is 0. The Morgan fingerprint density at radius 2 is 0.923 bits per heavy atom. The molecule has 13 heteroatoms.